The molecule has 2 aliphatic rings. The van der Waals surface area contributed by atoms with E-state index in [4.69, 9.17) is 39.5 Å². The molecule has 1 aromatic heterocycles. The van der Waals surface area contributed by atoms with Crippen LogP contribution in [-0.2, 0) is 19.1 Å². The zero-order valence-corrected chi connectivity index (χ0v) is 25.9. The van der Waals surface area contributed by atoms with Crippen LogP contribution in [0.3, 0.4) is 0 Å². The zero-order chi connectivity index (χ0) is 28.9. The van der Waals surface area contributed by atoms with Gasteiger partial charge >= 0.3 is 5.97 Å². The largest absolute Gasteiger partial charge is 0.448 e. The number of amides is 2. The van der Waals surface area contributed by atoms with Crippen molar-refractivity contribution < 1.29 is 19.1 Å². The third-order valence-electron chi connectivity index (χ3n) is 6.21. The molecule has 13 heteroatoms. The van der Waals surface area contributed by atoms with Crippen molar-refractivity contribution in [3.8, 4) is 0 Å². The number of carbonyl (C=O) groups excluding carboxylic acids is 3. The van der Waals surface area contributed by atoms with Crippen LogP contribution in [0.5, 0.6) is 0 Å². The van der Waals surface area contributed by atoms with E-state index in [2.05, 4.69) is 10.3 Å². The summed E-state index contributed by atoms with van der Waals surface area (Å²) in [5, 5.41) is 3.01. The van der Waals surface area contributed by atoms with Crippen LogP contribution >= 0.6 is 70.1 Å². The number of carbonyl (C=O) groups is 3. The van der Waals surface area contributed by atoms with Crippen molar-refractivity contribution in [1.29, 1.82) is 0 Å². The maximum absolute atomic E-state index is 13.8. The number of hydrogen-bond acceptors (Lipinski definition) is 8. The SMILES string of the molecule is O=C(CSc1cc(Cl)nc(Cl)c1)N[C@@H]1C(=O)N2C(C(=O)OC(c3ccccc3)c3ccccc3)=C(SCCl)CS[C@H]12. The lowest BCUT2D eigenvalue weighted by molar-refractivity contribution is -0.154. The lowest BCUT2D eigenvalue weighted by atomic mass is 10.0. The summed E-state index contributed by atoms with van der Waals surface area (Å²) in [6.45, 7) is 0. The summed E-state index contributed by atoms with van der Waals surface area (Å²) in [6, 6.07) is 21.3. The Hall–Kier alpha value is -2.34. The molecule has 0 spiro atoms. The number of benzene rings is 2. The highest BCUT2D eigenvalue weighted by atomic mass is 35.5. The minimum atomic E-state index is -0.776. The first kappa shape index (κ1) is 30.1. The Balaban J connectivity index is 1.31. The molecule has 1 fully saturated rings. The van der Waals surface area contributed by atoms with Gasteiger partial charge in [0.2, 0.25) is 5.91 Å². The second kappa shape index (κ2) is 13.8. The number of halogens is 3. The van der Waals surface area contributed by atoms with Gasteiger partial charge in [0.25, 0.3) is 5.91 Å². The Morgan fingerprint density at radius 2 is 1.63 bits per heavy atom. The van der Waals surface area contributed by atoms with Gasteiger partial charge in [0.1, 0.15) is 27.4 Å². The number of rotatable bonds is 10. The van der Waals surface area contributed by atoms with Crippen molar-refractivity contribution in [2.24, 2.45) is 0 Å². The smallest absolute Gasteiger partial charge is 0.356 e. The van der Waals surface area contributed by atoms with E-state index in [-0.39, 0.29) is 38.8 Å². The van der Waals surface area contributed by atoms with Gasteiger partial charge in [0.15, 0.2) is 6.10 Å². The molecule has 0 saturated carbocycles. The van der Waals surface area contributed by atoms with Gasteiger partial charge in [-0.1, -0.05) is 83.9 Å². The average Bonchev–Trinajstić information content (AvgIpc) is 2.97. The molecule has 3 aromatic rings. The fourth-order valence-corrected chi connectivity index (χ4v) is 8.33. The van der Waals surface area contributed by atoms with Crippen molar-refractivity contribution in [2.75, 3.05) is 16.7 Å². The van der Waals surface area contributed by atoms with Gasteiger partial charge < -0.3 is 10.1 Å². The standard InChI is InChI=1S/C28H22Cl3N3O4S3/c29-15-41-19-13-40-27-23(33-22(35)14-39-18-11-20(30)32-21(31)12-18)26(36)34(27)24(19)28(37)38-25(16-7-3-1-4-8-16)17-9-5-2-6-10-17/h1-12,23,25,27H,13-15H2,(H,33,35)/t23-,27-/m1/s1. The normalized spacial score (nSPS) is 18.1. The minimum absolute atomic E-state index is 0.0474. The molecular formula is C28H22Cl3N3O4S3. The minimum Gasteiger partial charge on any atom is -0.448 e. The van der Waals surface area contributed by atoms with E-state index in [1.165, 1.54) is 40.2 Å². The van der Waals surface area contributed by atoms with Gasteiger partial charge in [-0.15, -0.1) is 46.9 Å². The van der Waals surface area contributed by atoms with Crippen LogP contribution in [0.4, 0.5) is 0 Å². The van der Waals surface area contributed by atoms with Crippen LogP contribution in [0.15, 0.2) is 88.3 Å². The molecule has 0 aliphatic carbocycles. The van der Waals surface area contributed by atoms with Gasteiger partial charge in [-0.3, -0.25) is 14.5 Å². The van der Waals surface area contributed by atoms with Gasteiger partial charge in [0.05, 0.1) is 11.0 Å². The van der Waals surface area contributed by atoms with Crippen LogP contribution in [0.1, 0.15) is 17.2 Å². The van der Waals surface area contributed by atoms with Crippen molar-refractivity contribution in [1.82, 2.24) is 15.2 Å². The van der Waals surface area contributed by atoms with E-state index >= 15 is 0 Å². The van der Waals surface area contributed by atoms with E-state index in [0.717, 1.165) is 11.1 Å². The van der Waals surface area contributed by atoms with E-state index < -0.39 is 23.5 Å². The molecule has 2 aromatic carbocycles. The number of thioether (sulfide) groups is 3. The maximum atomic E-state index is 13.8. The molecule has 1 saturated heterocycles. The van der Waals surface area contributed by atoms with Gasteiger partial charge in [-0.25, -0.2) is 9.78 Å². The number of nitrogens with zero attached hydrogens (tertiary/aromatic N) is 2. The summed E-state index contributed by atoms with van der Waals surface area (Å²) >= 11 is 21.9. The third-order valence-corrected chi connectivity index (χ3v) is 10.2. The van der Waals surface area contributed by atoms with Crippen molar-refractivity contribution in [3.63, 3.8) is 0 Å². The Morgan fingerprint density at radius 3 is 2.22 bits per heavy atom. The lowest BCUT2D eigenvalue weighted by Crippen LogP contribution is -2.70. The van der Waals surface area contributed by atoms with E-state index in [1.54, 1.807) is 12.1 Å². The number of pyridine rings is 1. The van der Waals surface area contributed by atoms with Crippen LogP contribution in [0.25, 0.3) is 0 Å². The van der Waals surface area contributed by atoms with E-state index in [1.807, 2.05) is 60.7 Å². The van der Waals surface area contributed by atoms with Crippen LogP contribution in [0.2, 0.25) is 10.3 Å². The molecule has 3 heterocycles. The van der Waals surface area contributed by atoms with Crippen LogP contribution in [0, 0.1) is 0 Å². The molecule has 7 nitrogen and oxygen atoms in total. The average molecular weight is 667 g/mol. The number of alkyl halides is 1. The Kier molecular flexibility index (Phi) is 10.1. The fraction of sp³-hybridized carbons (Fsp3) is 0.214. The number of fused-ring (bicyclic) bond motifs is 1. The van der Waals surface area contributed by atoms with Crippen molar-refractivity contribution in [3.05, 3.63) is 105 Å². The maximum Gasteiger partial charge on any atom is 0.356 e. The van der Waals surface area contributed by atoms with Crippen molar-refractivity contribution in [2.45, 2.75) is 22.4 Å². The molecule has 2 aliphatic heterocycles. The summed E-state index contributed by atoms with van der Waals surface area (Å²) in [5.74, 6) is -0.842. The number of esters is 1. The molecule has 0 radical (unpaired) electrons. The van der Waals surface area contributed by atoms with Gasteiger partial charge in [0, 0.05) is 15.6 Å². The molecule has 41 heavy (non-hydrogen) atoms. The third kappa shape index (κ3) is 7.01. The van der Waals surface area contributed by atoms with E-state index in [0.29, 0.717) is 15.6 Å². The molecular weight excluding hydrogens is 645 g/mol. The first-order chi connectivity index (χ1) is 19.9. The van der Waals surface area contributed by atoms with Crippen LogP contribution < -0.4 is 5.32 Å². The predicted octanol–water partition coefficient (Wildman–Crippen LogP) is 6.35. The number of hydrogen-bond donors (Lipinski definition) is 1. The molecule has 0 bridgehead atoms. The lowest BCUT2D eigenvalue weighted by Gasteiger charge is -2.49. The fourth-order valence-electron chi connectivity index (χ4n) is 4.39. The summed E-state index contributed by atoms with van der Waals surface area (Å²) in [4.78, 5) is 46.5. The highest BCUT2D eigenvalue weighted by molar-refractivity contribution is 8.07. The molecule has 1 N–H and O–H groups in total. The first-order valence-corrected chi connectivity index (χ1v) is 16.6. The molecule has 2 atom stereocenters. The van der Waals surface area contributed by atoms with Gasteiger partial charge in [-0.05, 0) is 23.3 Å². The highest BCUT2D eigenvalue weighted by Gasteiger charge is 2.54. The monoisotopic (exact) mass is 665 g/mol. The first-order valence-electron chi connectivity index (χ1n) is 12.3. The zero-order valence-electron chi connectivity index (χ0n) is 21.2. The number of nitrogens with one attached hydrogen (secondary N) is 1. The second-order valence-corrected chi connectivity index (χ2v) is 13.4. The summed E-state index contributed by atoms with van der Waals surface area (Å²) in [6.07, 6.45) is -0.674. The summed E-state index contributed by atoms with van der Waals surface area (Å²) < 4.78 is 6.09. The number of β-lactam (4-membered cyclic amide) rings is 1. The molecule has 2 amide bonds. The quantitative estimate of drug-likeness (QED) is 0.0881. The number of ether oxygens (including phenoxy) is 1. The predicted molar refractivity (Wildman–Crippen MR) is 166 cm³/mol. The Bertz CT molecular complexity index is 1420. The van der Waals surface area contributed by atoms with Crippen LogP contribution in [-0.4, -0.2) is 55.8 Å². The number of aromatic nitrogens is 1. The van der Waals surface area contributed by atoms with Crippen molar-refractivity contribution >= 4 is 87.9 Å². The van der Waals surface area contributed by atoms with Gasteiger partial charge in [-0.2, -0.15) is 0 Å². The molecule has 0 unspecified atom stereocenters. The highest BCUT2D eigenvalue weighted by Crippen LogP contribution is 2.44. The van der Waals surface area contributed by atoms with E-state index in [9.17, 15) is 14.4 Å². The Morgan fingerprint density at radius 1 is 1.02 bits per heavy atom. The molecule has 5 rings (SSSR count). The summed E-state index contributed by atoms with van der Waals surface area (Å²) in [5.41, 5.74) is 1.77. The summed E-state index contributed by atoms with van der Waals surface area (Å²) in [7, 11) is 0. The molecule has 212 valence electrons. The second-order valence-electron chi connectivity index (χ2n) is 8.82. The topological polar surface area (TPSA) is 88.6 Å². The Labute approximate surface area is 264 Å².